The van der Waals surface area contributed by atoms with Gasteiger partial charge in [0.1, 0.15) is 12.2 Å². The lowest BCUT2D eigenvalue weighted by molar-refractivity contribution is -0.128. The fourth-order valence-electron chi connectivity index (χ4n) is 2.56. The molecule has 0 aliphatic carbocycles. The molecule has 0 amide bonds. The first kappa shape index (κ1) is 15.0. The third-order valence-corrected chi connectivity index (χ3v) is 3.64. The van der Waals surface area contributed by atoms with Crippen LogP contribution < -0.4 is 0 Å². The molecule has 1 aliphatic heterocycles. The summed E-state index contributed by atoms with van der Waals surface area (Å²) in [6.07, 6.45) is -3.92. The Hall–Kier alpha value is -1.89. The van der Waals surface area contributed by atoms with E-state index in [9.17, 15) is 13.2 Å². The first-order valence-corrected chi connectivity index (χ1v) is 7.19. The Balaban J connectivity index is 1.96. The van der Waals surface area contributed by atoms with Gasteiger partial charge in [0.15, 0.2) is 5.82 Å². The van der Waals surface area contributed by atoms with Crippen LogP contribution in [0.5, 0.6) is 0 Å². The number of nitrogens with zero attached hydrogens (tertiary/aromatic N) is 3. The average molecular weight is 311 g/mol. The summed E-state index contributed by atoms with van der Waals surface area (Å²) in [6, 6.07) is 8.79. The van der Waals surface area contributed by atoms with Crippen LogP contribution in [-0.4, -0.2) is 34.2 Å². The second kappa shape index (κ2) is 6.08. The van der Waals surface area contributed by atoms with Gasteiger partial charge in [-0.05, 0) is 25.0 Å². The standard InChI is InChI=1S/C15H16F3N3O/c16-15(17,18)10-13-19-14(11-6-8-22-9-7-11)20-21(13)12-4-2-1-3-5-12/h1-5,11H,6-10H2. The van der Waals surface area contributed by atoms with Crippen LogP contribution in [0.1, 0.15) is 30.4 Å². The molecule has 1 fully saturated rings. The lowest BCUT2D eigenvalue weighted by Gasteiger charge is -2.18. The molecule has 1 saturated heterocycles. The van der Waals surface area contributed by atoms with E-state index < -0.39 is 12.6 Å². The molecular weight excluding hydrogens is 295 g/mol. The number of halogens is 3. The van der Waals surface area contributed by atoms with Crippen molar-refractivity contribution in [3.05, 3.63) is 42.0 Å². The lowest BCUT2D eigenvalue weighted by atomic mass is 10.00. The number of alkyl halides is 3. The minimum Gasteiger partial charge on any atom is -0.381 e. The highest BCUT2D eigenvalue weighted by molar-refractivity contribution is 5.31. The van der Waals surface area contributed by atoms with Gasteiger partial charge in [-0.15, -0.1) is 0 Å². The Labute approximate surface area is 125 Å². The first-order chi connectivity index (χ1) is 10.5. The van der Waals surface area contributed by atoms with Crippen LogP contribution in [0.25, 0.3) is 5.69 Å². The van der Waals surface area contributed by atoms with E-state index in [2.05, 4.69) is 10.1 Å². The number of ether oxygens (including phenoxy) is 1. The van der Waals surface area contributed by atoms with Gasteiger partial charge in [-0.1, -0.05) is 18.2 Å². The molecular formula is C15H16F3N3O. The van der Waals surface area contributed by atoms with Crippen LogP contribution in [0, 0.1) is 0 Å². The van der Waals surface area contributed by atoms with E-state index in [1.165, 1.54) is 4.68 Å². The number of benzene rings is 1. The summed E-state index contributed by atoms with van der Waals surface area (Å²) >= 11 is 0. The first-order valence-electron chi connectivity index (χ1n) is 7.19. The molecule has 0 unspecified atom stereocenters. The Kier molecular flexibility index (Phi) is 4.15. The fourth-order valence-corrected chi connectivity index (χ4v) is 2.56. The quantitative estimate of drug-likeness (QED) is 0.873. The zero-order chi connectivity index (χ0) is 15.6. The molecule has 1 aliphatic rings. The molecule has 22 heavy (non-hydrogen) atoms. The average Bonchev–Trinajstić information content (AvgIpc) is 2.91. The van der Waals surface area contributed by atoms with E-state index in [0.717, 1.165) is 12.8 Å². The third-order valence-electron chi connectivity index (χ3n) is 3.64. The fraction of sp³-hybridized carbons (Fsp3) is 0.467. The Morgan fingerprint density at radius 2 is 1.82 bits per heavy atom. The van der Waals surface area contributed by atoms with Crippen LogP contribution in [0.3, 0.4) is 0 Å². The molecule has 1 aromatic heterocycles. The Morgan fingerprint density at radius 3 is 2.45 bits per heavy atom. The molecule has 4 nitrogen and oxygen atoms in total. The lowest BCUT2D eigenvalue weighted by Crippen LogP contribution is -2.16. The van der Waals surface area contributed by atoms with Crippen molar-refractivity contribution in [1.29, 1.82) is 0 Å². The van der Waals surface area contributed by atoms with E-state index in [-0.39, 0.29) is 11.7 Å². The maximum Gasteiger partial charge on any atom is 0.396 e. The van der Waals surface area contributed by atoms with Crippen LogP contribution in [0.4, 0.5) is 13.2 Å². The predicted molar refractivity (Wildman–Crippen MR) is 73.9 cm³/mol. The predicted octanol–water partition coefficient (Wildman–Crippen LogP) is 3.27. The molecule has 2 heterocycles. The van der Waals surface area contributed by atoms with Crippen molar-refractivity contribution in [2.24, 2.45) is 0 Å². The molecule has 0 spiro atoms. The van der Waals surface area contributed by atoms with Gasteiger partial charge in [-0.25, -0.2) is 9.67 Å². The van der Waals surface area contributed by atoms with Crippen LogP contribution in [0.15, 0.2) is 30.3 Å². The maximum absolute atomic E-state index is 12.8. The number of hydrogen-bond donors (Lipinski definition) is 0. The van der Waals surface area contributed by atoms with Gasteiger partial charge in [0, 0.05) is 19.1 Å². The van der Waals surface area contributed by atoms with Crippen molar-refractivity contribution in [2.75, 3.05) is 13.2 Å². The second-order valence-electron chi connectivity index (χ2n) is 5.31. The van der Waals surface area contributed by atoms with E-state index in [4.69, 9.17) is 4.74 Å². The van der Waals surface area contributed by atoms with Crippen molar-refractivity contribution < 1.29 is 17.9 Å². The molecule has 0 N–H and O–H groups in total. The van der Waals surface area contributed by atoms with E-state index in [1.54, 1.807) is 24.3 Å². The van der Waals surface area contributed by atoms with Crippen LogP contribution in [0.2, 0.25) is 0 Å². The summed E-state index contributed by atoms with van der Waals surface area (Å²) in [6.45, 7) is 1.19. The van der Waals surface area contributed by atoms with E-state index in [1.807, 2.05) is 6.07 Å². The zero-order valence-corrected chi connectivity index (χ0v) is 11.9. The monoisotopic (exact) mass is 311 g/mol. The summed E-state index contributed by atoms with van der Waals surface area (Å²) in [5, 5.41) is 4.34. The zero-order valence-electron chi connectivity index (χ0n) is 11.9. The highest BCUT2D eigenvalue weighted by Crippen LogP contribution is 2.27. The summed E-state index contributed by atoms with van der Waals surface area (Å²) < 4.78 is 44.9. The van der Waals surface area contributed by atoms with E-state index >= 15 is 0 Å². The van der Waals surface area contributed by atoms with Crippen molar-refractivity contribution >= 4 is 0 Å². The molecule has 2 aromatic rings. The molecule has 0 saturated carbocycles. The highest BCUT2D eigenvalue weighted by Gasteiger charge is 2.32. The Bertz CT molecular complexity index is 619. The second-order valence-corrected chi connectivity index (χ2v) is 5.31. The summed E-state index contributed by atoms with van der Waals surface area (Å²) in [5.41, 5.74) is 0.590. The SMILES string of the molecule is FC(F)(F)Cc1nc(C2CCOCC2)nn1-c1ccccc1. The van der Waals surface area contributed by atoms with Crippen molar-refractivity contribution in [3.8, 4) is 5.69 Å². The Morgan fingerprint density at radius 1 is 1.14 bits per heavy atom. The number of aromatic nitrogens is 3. The molecule has 0 radical (unpaired) electrons. The topological polar surface area (TPSA) is 39.9 Å². The van der Waals surface area contributed by atoms with Gasteiger partial charge < -0.3 is 4.74 Å². The molecule has 3 rings (SSSR count). The number of rotatable bonds is 3. The summed E-state index contributed by atoms with van der Waals surface area (Å²) in [4.78, 5) is 4.17. The van der Waals surface area contributed by atoms with Crippen LogP contribution >= 0.6 is 0 Å². The molecule has 0 bridgehead atoms. The summed E-state index contributed by atoms with van der Waals surface area (Å²) in [5.74, 6) is 0.470. The molecule has 0 atom stereocenters. The van der Waals surface area contributed by atoms with Crippen molar-refractivity contribution in [3.63, 3.8) is 0 Å². The van der Waals surface area contributed by atoms with Gasteiger partial charge in [0.2, 0.25) is 0 Å². The summed E-state index contributed by atoms with van der Waals surface area (Å²) in [7, 11) is 0. The molecule has 118 valence electrons. The van der Waals surface area contributed by atoms with E-state index in [0.29, 0.717) is 24.7 Å². The molecule has 7 heteroatoms. The normalized spacial score (nSPS) is 16.9. The third kappa shape index (κ3) is 3.47. The van der Waals surface area contributed by atoms with Crippen LogP contribution in [-0.2, 0) is 11.2 Å². The number of hydrogen-bond acceptors (Lipinski definition) is 3. The minimum absolute atomic E-state index is 0.0608. The van der Waals surface area contributed by atoms with Gasteiger partial charge >= 0.3 is 6.18 Å². The largest absolute Gasteiger partial charge is 0.396 e. The van der Waals surface area contributed by atoms with Crippen molar-refractivity contribution in [2.45, 2.75) is 31.4 Å². The minimum atomic E-state index is -4.31. The van der Waals surface area contributed by atoms with Gasteiger partial charge in [-0.3, -0.25) is 0 Å². The maximum atomic E-state index is 12.8. The van der Waals surface area contributed by atoms with Gasteiger partial charge in [-0.2, -0.15) is 18.3 Å². The smallest absolute Gasteiger partial charge is 0.381 e. The highest BCUT2D eigenvalue weighted by atomic mass is 19.4. The van der Waals surface area contributed by atoms with Gasteiger partial charge in [0.05, 0.1) is 5.69 Å². The van der Waals surface area contributed by atoms with Crippen molar-refractivity contribution in [1.82, 2.24) is 14.8 Å². The number of para-hydroxylation sites is 1. The molecule has 1 aromatic carbocycles. The van der Waals surface area contributed by atoms with Gasteiger partial charge in [0.25, 0.3) is 0 Å².